The molecule has 0 atom stereocenters. The molecule has 0 amide bonds. The number of rotatable bonds is 5. The van der Waals surface area contributed by atoms with Crippen molar-refractivity contribution in [2.45, 2.75) is 40.7 Å². The van der Waals surface area contributed by atoms with Gasteiger partial charge < -0.3 is 10.3 Å². The Balaban J connectivity index is 2.43. The minimum atomic E-state index is 0.691. The lowest BCUT2D eigenvalue weighted by atomic mass is 10.2. The first-order valence-corrected chi connectivity index (χ1v) is 5.38. The van der Waals surface area contributed by atoms with Gasteiger partial charge in [0.15, 0.2) is 0 Å². The van der Waals surface area contributed by atoms with Gasteiger partial charge in [-0.05, 0) is 25.8 Å². The van der Waals surface area contributed by atoms with Crippen molar-refractivity contribution < 1.29 is 0 Å². The smallest absolute Gasteiger partial charge is 0.120 e. The average molecular weight is 195 g/mol. The van der Waals surface area contributed by atoms with Crippen LogP contribution in [0.25, 0.3) is 0 Å². The molecule has 80 valence electrons. The fourth-order valence-corrected chi connectivity index (χ4v) is 1.47. The largest absolute Gasteiger partial charge is 0.345 e. The molecule has 1 heterocycles. The van der Waals surface area contributed by atoms with Gasteiger partial charge in [-0.3, -0.25) is 0 Å². The van der Waals surface area contributed by atoms with Crippen LogP contribution in [0.1, 0.15) is 38.0 Å². The van der Waals surface area contributed by atoms with Crippen LogP contribution in [0.3, 0.4) is 0 Å². The molecule has 3 nitrogen and oxygen atoms in total. The Bertz CT molecular complexity index is 276. The number of aromatic nitrogens is 2. The normalized spacial score (nSPS) is 11.2. The number of aryl methyl sites for hydroxylation is 2. The van der Waals surface area contributed by atoms with E-state index >= 15 is 0 Å². The predicted octanol–water partition coefficient (Wildman–Crippen LogP) is 2.03. The van der Waals surface area contributed by atoms with Gasteiger partial charge in [0.1, 0.15) is 5.82 Å². The highest BCUT2D eigenvalue weighted by Gasteiger charge is 2.03. The third kappa shape index (κ3) is 3.14. The molecular weight excluding hydrogens is 174 g/mol. The molecule has 1 rings (SSSR count). The molecule has 0 fully saturated rings. The summed E-state index contributed by atoms with van der Waals surface area (Å²) in [7, 11) is 0. The second-order valence-corrected chi connectivity index (χ2v) is 4.13. The first-order chi connectivity index (χ1) is 6.63. The second kappa shape index (κ2) is 5.15. The highest BCUT2D eigenvalue weighted by atomic mass is 15.0. The van der Waals surface area contributed by atoms with Crippen LogP contribution in [0.2, 0.25) is 0 Å². The van der Waals surface area contributed by atoms with Crippen LogP contribution in [0.15, 0.2) is 0 Å². The summed E-state index contributed by atoms with van der Waals surface area (Å²) < 4.78 is 0. The molecular formula is C11H21N3. The fraction of sp³-hybridized carbons (Fsp3) is 0.727. The maximum Gasteiger partial charge on any atom is 0.120 e. The monoisotopic (exact) mass is 195 g/mol. The van der Waals surface area contributed by atoms with Gasteiger partial charge in [0.25, 0.3) is 0 Å². The minimum absolute atomic E-state index is 0.691. The molecule has 14 heavy (non-hydrogen) atoms. The minimum Gasteiger partial charge on any atom is -0.345 e. The van der Waals surface area contributed by atoms with Crippen molar-refractivity contribution in [1.29, 1.82) is 0 Å². The molecule has 0 radical (unpaired) electrons. The van der Waals surface area contributed by atoms with Crippen LogP contribution in [0.4, 0.5) is 0 Å². The van der Waals surface area contributed by atoms with E-state index in [1.54, 1.807) is 0 Å². The number of hydrogen-bond acceptors (Lipinski definition) is 2. The molecule has 0 aliphatic rings. The summed E-state index contributed by atoms with van der Waals surface area (Å²) in [5.41, 5.74) is 2.39. The van der Waals surface area contributed by atoms with Crippen molar-refractivity contribution in [3.05, 3.63) is 17.2 Å². The van der Waals surface area contributed by atoms with E-state index in [0.29, 0.717) is 5.92 Å². The van der Waals surface area contributed by atoms with Gasteiger partial charge in [0.05, 0.1) is 12.2 Å². The molecule has 0 bridgehead atoms. The summed E-state index contributed by atoms with van der Waals surface area (Å²) in [6.07, 6.45) is 1.01. The molecule has 0 aromatic carbocycles. The molecule has 0 saturated heterocycles. The highest BCUT2D eigenvalue weighted by Crippen LogP contribution is 2.05. The Morgan fingerprint density at radius 1 is 1.43 bits per heavy atom. The van der Waals surface area contributed by atoms with Crippen LogP contribution in [-0.4, -0.2) is 16.5 Å². The maximum atomic E-state index is 4.51. The van der Waals surface area contributed by atoms with Crippen LogP contribution in [0.5, 0.6) is 0 Å². The lowest BCUT2D eigenvalue weighted by molar-refractivity contribution is 0.544. The van der Waals surface area contributed by atoms with Gasteiger partial charge in [-0.25, -0.2) is 4.98 Å². The van der Waals surface area contributed by atoms with E-state index in [-0.39, 0.29) is 0 Å². The van der Waals surface area contributed by atoms with Gasteiger partial charge in [-0.1, -0.05) is 20.8 Å². The van der Waals surface area contributed by atoms with Gasteiger partial charge >= 0.3 is 0 Å². The van der Waals surface area contributed by atoms with Crippen LogP contribution < -0.4 is 5.32 Å². The first kappa shape index (κ1) is 11.2. The van der Waals surface area contributed by atoms with E-state index in [4.69, 9.17) is 0 Å². The molecule has 0 unspecified atom stereocenters. The van der Waals surface area contributed by atoms with Gasteiger partial charge in [-0.2, -0.15) is 0 Å². The Hall–Kier alpha value is -0.830. The Morgan fingerprint density at radius 3 is 2.64 bits per heavy atom. The fourth-order valence-electron chi connectivity index (χ4n) is 1.47. The molecule has 0 saturated carbocycles. The van der Waals surface area contributed by atoms with E-state index in [0.717, 1.165) is 25.3 Å². The van der Waals surface area contributed by atoms with E-state index < -0.39 is 0 Å². The Labute approximate surface area is 86.3 Å². The van der Waals surface area contributed by atoms with Crippen molar-refractivity contribution in [3.63, 3.8) is 0 Å². The summed E-state index contributed by atoms with van der Waals surface area (Å²) in [4.78, 5) is 7.80. The van der Waals surface area contributed by atoms with Crippen molar-refractivity contribution in [2.24, 2.45) is 5.92 Å². The van der Waals surface area contributed by atoms with Crippen LogP contribution >= 0.6 is 0 Å². The lowest BCUT2D eigenvalue weighted by Crippen LogP contribution is -2.19. The van der Waals surface area contributed by atoms with E-state index in [1.165, 1.54) is 11.4 Å². The number of nitrogens with one attached hydrogen (secondary N) is 2. The Morgan fingerprint density at radius 2 is 2.14 bits per heavy atom. The standard InChI is InChI=1S/C11H21N3/c1-5-10-9(4)13-11(14-10)7-12-6-8(2)3/h8,12H,5-7H2,1-4H3,(H,13,14). The second-order valence-electron chi connectivity index (χ2n) is 4.13. The van der Waals surface area contributed by atoms with Gasteiger partial charge in [0, 0.05) is 5.69 Å². The maximum absolute atomic E-state index is 4.51. The van der Waals surface area contributed by atoms with Gasteiger partial charge in [-0.15, -0.1) is 0 Å². The summed E-state index contributed by atoms with van der Waals surface area (Å²) in [6.45, 7) is 10.5. The number of imidazole rings is 1. The number of hydrogen-bond donors (Lipinski definition) is 2. The van der Waals surface area contributed by atoms with Crippen LogP contribution in [-0.2, 0) is 13.0 Å². The number of nitrogens with zero attached hydrogens (tertiary/aromatic N) is 1. The molecule has 0 aliphatic heterocycles. The third-order valence-electron chi connectivity index (χ3n) is 2.21. The van der Waals surface area contributed by atoms with Crippen LogP contribution in [0, 0.1) is 12.8 Å². The summed E-state index contributed by atoms with van der Waals surface area (Å²) in [5.74, 6) is 1.75. The summed E-state index contributed by atoms with van der Waals surface area (Å²) >= 11 is 0. The van der Waals surface area contributed by atoms with Crippen molar-refractivity contribution in [3.8, 4) is 0 Å². The van der Waals surface area contributed by atoms with E-state index in [2.05, 4.69) is 43.0 Å². The molecule has 1 aromatic heterocycles. The van der Waals surface area contributed by atoms with Crippen molar-refractivity contribution >= 4 is 0 Å². The molecule has 1 aromatic rings. The van der Waals surface area contributed by atoms with Gasteiger partial charge in [0.2, 0.25) is 0 Å². The molecule has 0 spiro atoms. The summed E-state index contributed by atoms with van der Waals surface area (Å²) in [5, 5.41) is 3.37. The highest BCUT2D eigenvalue weighted by molar-refractivity contribution is 5.12. The average Bonchev–Trinajstić information content (AvgIpc) is 2.45. The predicted molar refractivity (Wildman–Crippen MR) is 59.2 cm³/mol. The molecule has 0 aliphatic carbocycles. The zero-order valence-corrected chi connectivity index (χ0v) is 9.65. The lowest BCUT2D eigenvalue weighted by Gasteiger charge is -2.04. The SMILES string of the molecule is CCc1nc(CNCC(C)C)[nH]c1C. The van der Waals surface area contributed by atoms with Crippen molar-refractivity contribution in [2.75, 3.05) is 6.54 Å². The van der Waals surface area contributed by atoms with E-state index in [9.17, 15) is 0 Å². The Kier molecular flexibility index (Phi) is 4.14. The number of H-pyrrole nitrogens is 1. The summed E-state index contributed by atoms with van der Waals surface area (Å²) in [6, 6.07) is 0. The van der Waals surface area contributed by atoms with E-state index in [1.807, 2.05) is 0 Å². The third-order valence-corrected chi connectivity index (χ3v) is 2.21. The first-order valence-electron chi connectivity index (χ1n) is 5.38. The number of aromatic amines is 1. The quantitative estimate of drug-likeness (QED) is 0.754. The van der Waals surface area contributed by atoms with Crippen molar-refractivity contribution in [1.82, 2.24) is 15.3 Å². The molecule has 2 N–H and O–H groups in total. The topological polar surface area (TPSA) is 40.7 Å². The zero-order valence-electron chi connectivity index (χ0n) is 9.65. The zero-order chi connectivity index (χ0) is 10.6. The molecule has 3 heteroatoms.